The fourth-order valence-corrected chi connectivity index (χ4v) is 1.80. The summed E-state index contributed by atoms with van der Waals surface area (Å²) >= 11 is 5.77. The van der Waals surface area contributed by atoms with Crippen LogP contribution in [0, 0.1) is 0 Å². The summed E-state index contributed by atoms with van der Waals surface area (Å²) in [5.74, 6) is -0.875. The predicted octanol–water partition coefficient (Wildman–Crippen LogP) is 2.67. The van der Waals surface area contributed by atoms with E-state index in [1.165, 1.54) is 0 Å². The summed E-state index contributed by atoms with van der Waals surface area (Å²) in [4.78, 5) is 10.7. The van der Waals surface area contributed by atoms with E-state index in [0.29, 0.717) is 17.9 Å². The topological polar surface area (TPSA) is 57.5 Å². The average molecular weight is 243 g/mol. The van der Waals surface area contributed by atoms with Crippen LogP contribution >= 0.6 is 11.6 Å². The molecule has 0 unspecified atom stereocenters. The van der Waals surface area contributed by atoms with Gasteiger partial charge in [-0.2, -0.15) is 0 Å². The van der Waals surface area contributed by atoms with Crippen LogP contribution in [0.4, 0.5) is 0 Å². The maximum atomic E-state index is 10.7. The molecule has 0 radical (unpaired) electrons. The Hall–Kier alpha value is -1.06. The number of aliphatic hydroxyl groups excluding tert-OH is 1. The predicted molar refractivity (Wildman–Crippen MR) is 62.8 cm³/mol. The standard InChI is InChI=1S/C12H15ClO3/c13-11-5-3-9(4-6-11)10(2-1-7-14)8-12(15)16/h3-6,10,14H,1-2,7-8H2,(H,15,16)/t10-/m0/s1. The summed E-state index contributed by atoms with van der Waals surface area (Å²) in [5, 5.41) is 18.2. The van der Waals surface area contributed by atoms with Gasteiger partial charge in [0.05, 0.1) is 6.42 Å². The Labute approximate surface area is 99.7 Å². The largest absolute Gasteiger partial charge is 0.481 e. The van der Waals surface area contributed by atoms with Gasteiger partial charge in [0.15, 0.2) is 0 Å². The molecule has 1 rings (SSSR count). The molecule has 16 heavy (non-hydrogen) atoms. The molecule has 0 spiro atoms. The highest BCUT2D eigenvalue weighted by Crippen LogP contribution is 2.26. The lowest BCUT2D eigenvalue weighted by molar-refractivity contribution is -0.137. The van der Waals surface area contributed by atoms with Crippen molar-refractivity contribution in [1.29, 1.82) is 0 Å². The van der Waals surface area contributed by atoms with E-state index in [0.717, 1.165) is 5.56 Å². The Morgan fingerprint density at radius 3 is 2.44 bits per heavy atom. The molecule has 0 aromatic heterocycles. The van der Waals surface area contributed by atoms with E-state index < -0.39 is 5.97 Å². The summed E-state index contributed by atoms with van der Waals surface area (Å²) in [7, 11) is 0. The number of aliphatic hydroxyl groups is 1. The van der Waals surface area contributed by atoms with Crippen LogP contribution in [0.15, 0.2) is 24.3 Å². The number of hydrogen-bond acceptors (Lipinski definition) is 2. The van der Waals surface area contributed by atoms with Crippen LogP contribution < -0.4 is 0 Å². The van der Waals surface area contributed by atoms with Crippen molar-refractivity contribution in [3.05, 3.63) is 34.9 Å². The lowest BCUT2D eigenvalue weighted by atomic mass is 9.91. The number of hydrogen-bond donors (Lipinski definition) is 2. The van der Waals surface area contributed by atoms with Crippen LogP contribution in [0.25, 0.3) is 0 Å². The molecule has 0 aliphatic carbocycles. The Bertz CT molecular complexity index is 335. The lowest BCUT2D eigenvalue weighted by Gasteiger charge is -2.14. The monoisotopic (exact) mass is 242 g/mol. The number of carboxylic acid groups (broad SMARTS) is 1. The summed E-state index contributed by atoms with van der Waals surface area (Å²) in [6.07, 6.45) is 1.37. The first-order valence-electron chi connectivity index (χ1n) is 5.21. The van der Waals surface area contributed by atoms with Gasteiger partial charge < -0.3 is 10.2 Å². The fourth-order valence-electron chi connectivity index (χ4n) is 1.67. The van der Waals surface area contributed by atoms with E-state index in [4.69, 9.17) is 21.8 Å². The van der Waals surface area contributed by atoms with E-state index in [1.807, 2.05) is 12.1 Å². The Morgan fingerprint density at radius 2 is 1.94 bits per heavy atom. The molecule has 0 bridgehead atoms. The Kier molecular flexibility index (Phi) is 5.29. The second-order valence-electron chi connectivity index (χ2n) is 3.71. The molecule has 4 heteroatoms. The van der Waals surface area contributed by atoms with E-state index in [9.17, 15) is 4.79 Å². The first-order valence-corrected chi connectivity index (χ1v) is 5.59. The van der Waals surface area contributed by atoms with Crippen LogP contribution in [0.2, 0.25) is 5.02 Å². The van der Waals surface area contributed by atoms with Crippen LogP contribution in [-0.2, 0) is 4.79 Å². The molecule has 0 aliphatic heterocycles. The van der Waals surface area contributed by atoms with Crippen molar-refractivity contribution in [2.75, 3.05) is 6.61 Å². The fraction of sp³-hybridized carbons (Fsp3) is 0.417. The molecule has 0 fully saturated rings. The third kappa shape index (κ3) is 4.21. The summed E-state index contributed by atoms with van der Waals surface area (Å²) in [5.41, 5.74) is 0.959. The molecular weight excluding hydrogens is 228 g/mol. The molecule has 0 saturated heterocycles. The van der Waals surface area contributed by atoms with Crippen molar-refractivity contribution >= 4 is 17.6 Å². The molecule has 0 saturated carbocycles. The van der Waals surface area contributed by atoms with Crippen LogP contribution in [0.1, 0.15) is 30.7 Å². The van der Waals surface area contributed by atoms with Gasteiger partial charge in [-0.25, -0.2) is 0 Å². The molecule has 2 N–H and O–H groups in total. The van der Waals surface area contributed by atoms with Crippen molar-refractivity contribution in [2.45, 2.75) is 25.2 Å². The lowest BCUT2D eigenvalue weighted by Crippen LogP contribution is -2.07. The number of halogens is 1. The SMILES string of the molecule is O=C(O)C[C@H](CCCO)c1ccc(Cl)cc1. The maximum absolute atomic E-state index is 10.7. The average Bonchev–Trinajstić information content (AvgIpc) is 2.25. The van der Waals surface area contributed by atoms with Gasteiger partial charge in [-0.05, 0) is 36.5 Å². The van der Waals surface area contributed by atoms with Gasteiger partial charge in [-0.1, -0.05) is 23.7 Å². The first kappa shape index (κ1) is 13.0. The molecule has 0 amide bonds. The van der Waals surface area contributed by atoms with Crippen LogP contribution in [-0.4, -0.2) is 22.8 Å². The van der Waals surface area contributed by atoms with E-state index in [2.05, 4.69) is 0 Å². The molecular formula is C12H15ClO3. The van der Waals surface area contributed by atoms with Gasteiger partial charge in [0.25, 0.3) is 0 Å². The minimum Gasteiger partial charge on any atom is -0.481 e. The maximum Gasteiger partial charge on any atom is 0.303 e. The van der Waals surface area contributed by atoms with E-state index in [-0.39, 0.29) is 18.9 Å². The van der Waals surface area contributed by atoms with Crippen molar-refractivity contribution in [1.82, 2.24) is 0 Å². The Morgan fingerprint density at radius 1 is 1.31 bits per heavy atom. The number of carboxylic acids is 1. The molecule has 1 aromatic carbocycles. The van der Waals surface area contributed by atoms with Gasteiger partial charge >= 0.3 is 5.97 Å². The minimum atomic E-state index is -0.821. The van der Waals surface area contributed by atoms with Gasteiger partial charge in [-0.15, -0.1) is 0 Å². The summed E-state index contributed by atoms with van der Waals surface area (Å²) in [6.45, 7) is 0.0870. The number of rotatable bonds is 6. The molecule has 1 atom stereocenters. The number of aliphatic carboxylic acids is 1. The Balaban J connectivity index is 2.74. The second kappa shape index (κ2) is 6.51. The third-order valence-corrected chi connectivity index (χ3v) is 2.73. The zero-order chi connectivity index (χ0) is 12.0. The van der Waals surface area contributed by atoms with Crippen LogP contribution in [0.5, 0.6) is 0 Å². The van der Waals surface area contributed by atoms with Crippen molar-refractivity contribution in [2.24, 2.45) is 0 Å². The van der Waals surface area contributed by atoms with Crippen molar-refractivity contribution in [3.8, 4) is 0 Å². The summed E-state index contributed by atoms with van der Waals surface area (Å²) < 4.78 is 0. The van der Waals surface area contributed by atoms with E-state index >= 15 is 0 Å². The van der Waals surface area contributed by atoms with Crippen molar-refractivity contribution < 1.29 is 15.0 Å². The number of benzene rings is 1. The van der Waals surface area contributed by atoms with Gasteiger partial charge in [0.1, 0.15) is 0 Å². The molecule has 3 nitrogen and oxygen atoms in total. The van der Waals surface area contributed by atoms with Gasteiger partial charge in [-0.3, -0.25) is 4.79 Å². The molecule has 0 aliphatic rings. The minimum absolute atomic E-state index is 0.0538. The highest BCUT2D eigenvalue weighted by molar-refractivity contribution is 6.30. The molecule has 0 heterocycles. The number of carbonyl (C=O) groups is 1. The zero-order valence-electron chi connectivity index (χ0n) is 8.90. The normalized spacial score (nSPS) is 12.4. The van der Waals surface area contributed by atoms with Crippen molar-refractivity contribution in [3.63, 3.8) is 0 Å². The highest BCUT2D eigenvalue weighted by Gasteiger charge is 2.14. The molecule has 1 aromatic rings. The zero-order valence-corrected chi connectivity index (χ0v) is 9.65. The quantitative estimate of drug-likeness (QED) is 0.806. The first-order chi connectivity index (χ1) is 7.63. The summed E-state index contributed by atoms with van der Waals surface area (Å²) in [6, 6.07) is 7.19. The van der Waals surface area contributed by atoms with E-state index in [1.54, 1.807) is 12.1 Å². The molecule has 88 valence electrons. The second-order valence-corrected chi connectivity index (χ2v) is 4.15. The van der Waals surface area contributed by atoms with Crippen LogP contribution in [0.3, 0.4) is 0 Å². The smallest absolute Gasteiger partial charge is 0.303 e. The highest BCUT2D eigenvalue weighted by atomic mass is 35.5. The third-order valence-electron chi connectivity index (χ3n) is 2.47. The van der Waals surface area contributed by atoms with Gasteiger partial charge in [0, 0.05) is 11.6 Å². The van der Waals surface area contributed by atoms with Gasteiger partial charge in [0.2, 0.25) is 0 Å².